The van der Waals surface area contributed by atoms with Crippen LogP contribution in [0.2, 0.25) is 0 Å². The third kappa shape index (κ3) is 3.79. The number of rotatable bonds is 5. The molecular weight excluding hydrogens is 424 g/mol. The van der Waals surface area contributed by atoms with Gasteiger partial charge in [0.2, 0.25) is 0 Å². The Kier molecular flexibility index (Phi) is 4.94. The van der Waals surface area contributed by atoms with Crippen LogP contribution in [0, 0.1) is 0 Å². The molecule has 0 amide bonds. The zero-order chi connectivity index (χ0) is 22.0. The molecule has 5 heteroatoms. The van der Waals surface area contributed by atoms with Crippen molar-refractivity contribution in [2.75, 3.05) is 4.90 Å². The average molecular weight is 445 g/mol. The average Bonchev–Trinajstić information content (AvgIpc) is 3.56. The maximum Gasteiger partial charge on any atom is 0.124 e. The van der Waals surface area contributed by atoms with Crippen LogP contribution in [0.1, 0.15) is 0 Å². The van der Waals surface area contributed by atoms with Crippen LogP contribution in [-0.2, 0) is 0 Å². The fourth-order valence-electron chi connectivity index (χ4n) is 3.99. The van der Waals surface area contributed by atoms with E-state index in [-0.39, 0.29) is 0 Å². The van der Waals surface area contributed by atoms with Crippen LogP contribution < -0.4 is 4.90 Å². The Bertz CT molecular complexity index is 1490. The van der Waals surface area contributed by atoms with Gasteiger partial charge < -0.3 is 4.90 Å². The van der Waals surface area contributed by atoms with E-state index < -0.39 is 0 Å². The first-order valence-corrected chi connectivity index (χ1v) is 11.6. The van der Waals surface area contributed by atoms with Gasteiger partial charge in [-0.1, -0.05) is 48.5 Å². The maximum absolute atomic E-state index is 4.87. The molecule has 0 radical (unpaired) electrons. The molecule has 0 bridgehead atoms. The second-order valence-corrected chi connectivity index (χ2v) is 8.71. The molecule has 4 aromatic carbocycles. The summed E-state index contributed by atoms with van der Waals surface area (Å²) >= 11 is 1.72. The minimum absolute atomic E-state index is 1.01. The van der Waals surface area contributed by atoms with E-state index in [0.29, 0.717) is 0 Å². The highest BCUT2D eigenvalue weighted by atomic mass is 32.1. The molecule has 0 aliphatic carbocycles. The van der Waals surface area contributed by atoms with Gasteiger partial charge in [0.15, 0.2) is 0 Å². The van der Waals surface area contributed by atoms with Crippen molar-refractivity contribution in [2.45, 2.75) is 0 Å². The monoisotopic (exact) mass is 444 g/mol. The summed E-state index contributed by atoms with van der Waals surface area (Å²) in [6, 6.07) is 37.7. The Morgan fingerprint density at radius 1 is 0.667 bits per heavy atom. The lowest BCUT2D eigenvalue weighted by atomic mass is 10.1. The number of nitrogens with zero attached hydrogens (tertiary/aromatic N) is 4. The minimum Gasteiger partial charge on any atom is -0.310 e. The second-order valence-electron chi connectivity index (χ2n) is 7.68. The summed E-state index contributed by atoms with van der Waals surface area (Å²) in [5.41, 5.74) is 6.40. The Labute approximate surface area is 196 Å². The van der Waals surface area contributed by atoms with Crippen LogP contribution in [0.25, 0.3) is 26.5 Å². The Balaban J connectivity index is 1.48. The van der Waals surface area contributed by atoms with E-state index in [9.17, 15) is 0 Å². The highest BCUT2D eigenvalue weighted by molar-refractivity contribution is 7.21. The fourth-order valence-corrected chi connectivity index (χ4v) is 4.96. The van der Waals surface area contributed by atoms with Crippen molar-refractivity contribution in [3.63, 3.8) is 0 Å². The maximum atomic E-state index is 4.87. The summed E-state index contributed by atoms with van der Waals surface area (Å²) < 4.78 is 3.08. The van der Waals surface area contributed by atoms with Crippen molar-refractivity contribution >= 4 is 38.6 Å². The Hall–Kier alpha value is -4.22. The molecule has 0 saturated heterocycles. The van der Waals surface area contributed by atoms with Gasteiger partial charge in [0.1, 0.15) is 5.01 Å². The van der Waals surface area contributed by atoms with Crippen molar-refractivity contribution in [2.24, 2.45) is 0 Å². The molecule has 0 N–H and O–H groups in total. The second kappa shape index (κ2) is 8.37. The highest BCUT2D eigenvalue weighted by Crippen LogP contribution is 2.38. The van der Waals surface area contributed by atoms with E-state index in [1.54, 1.807) is 17.5 Å². The molecule has 4 nitrogen and oxygen atoms in total. The third-order valence-electron chi connectivity index (χ3n) is 5.52. The number of hydrogen-bond acceptors (Lipinski definition) is 4. The topological polar surface area (TPSA) is 34.0 Å². The summed E-state index contributed by atoms with van der Waals surface area (Å²) in [6.45, 7) is 0. The van der Waals surface area contributed by atoms with Crippen LogP contribution >= 0.6 is 11.3 Å². The number of aromatic nitrogens is 3. The molecule has 2 heterocycles. The quantitative estimate of drug-likeness (QED) is 0.274. The zero-order valence-electron chi connectivity index (χ0n) is 17.7. The largest absolute Gasteiger partial charge is 0.310 e. The number of hydrogen-bond donors (Lipinski definition) is 0. The Morgan fingerprint density at radius 2 is 1.42 bits per heavy atom. The molecule has 0 spiro atoms. The van der Waals surface area contributed by atoms with Gasteiger partial charge in [0, 0.05) is 35.0 Å². The lowest BCUT2D eigenvalue weighted by molar-refractivity contribution is 0.880. The van der Waals surface area contributed by atoms with Gasteiger partial charge in [0.25, 0.3) is 0 Å². The van der Waals surface area contributed by atoms with E-state index in [1.807, 2.05) is 29.1 Å². The van der Waals surface area contributed by atoms with E-state index >= 15 is 0 Å². The van der Waals surface area contributed by atoms with Gasteiger partial charge in [-0.25, -0.2) is 9.67 Å². The molecule has 0 unspecified atom stereocenters. The van der Waals surface area contributed by atoms with Crippen molar-refractivity contribution in [1.82, 2.24) is 14.8 Å². The van der Waals surface area contributed by atoms with Crippen LogP contribution in [0.5, 0.6) is 0 Å². The molecular formula is C28H20N4S. The van der Waals surface area contributed by atoms with E-state index in [0.717, 1.165) is 38.8 Å². The summed E-state index contributed by atoms with van der Waals surface area (Å²) in [5.74, 6) is 0. The van der Waals surface area contributed by atoms with Crippen LogP contribution in [0.3, 0.4) is 0 Å². The van der Waals surface area contributed by atoms with E-state index in [4.69, 9.17) is 4.98 Å². The summed E-state index contributed by atoms with van der Waals surface area (Å²) in [4.78, 5) is 7.13. The van der Waals surface area contributed by atoms with Crippen molar-refractivity contribution in [3.05, 3.63) is 122 Å². The smallest absolute Gasteiger partial charge is 0.124 e. The van der Waals surface area contributed by atoms with Gasteiger partial charge in [-0.2, -0.15) is 5.10 Å². The molecule has 0 aliphatic rings. The van der Waals surface area contributed by atoms with Gasteiger partial charge in [-0.05, 0) is 60.7 Å². The molecule has 2 aromatic heterocycles. The summed E-state index contributed by atoms with van der Waals surface area (Å²) in [6.07, 6.45) is 3.75. The number of anilines is 3. The minimum atomic E-state index is 1.01. The molecule has 33 heavy (non-hydrogen) atoms. The third-order valence-corrected chi connectivity index (χ3v) is 6.60. The van der Waals surface area contributed by atoms with Gasteiger partial charge in [0.05, 0.1) is 15.9 Å². The lowest BCUT2D eigenvalue weighted by Crippen LogP contribution is -2.10. The SMILES string of the molecule is c1ccc(N(c2cccc(-c3nc4ccccc4s3)c2)c2cccc(-n3cccn3)c2)cc1. The first-order chi connectivity index (χ1) is 16.3. The number of para-hydroxylation sites is 2. The first-order valence-electron chi connectivity index (χ1n) is 10.8. The highest BCUT2D eigenvalue weighted by Gasteiger charge is 2.15. The first kappa shape index (κ1) is 19.5. The molecule has 158 valence electrons. The summed E-state index contributed by atoms with van der Waals surface area (Å²) in [5, 5.41) is 5.42. The lowest BCUT2D eigenvalue weighted by Gasteiger charge is -2.26. The molecule has 0 aliphatic heterocycles. The van der Waals surface area contributed by atoms with Gasteiger partial charge >= 0.3 is 0 Å². The van der Waals surface area contributed by atoms with Crippen LogP contribution in [-0.4, -0.2) is 14.8 Å². The number of fused-ring (bicyclic) bond motifs is 1. The molecule has 0 saturated carbocycles. The predicted molar refractivity (Wildman–Crippen MR) is 137 cm³/mol. The normalized spacial score (nSPS) is 11.0. The number of benzene rings is 4. The van der Waals surface area contributed by atoms with Crippen molar-refractivity contribution in [3.8, 4) is 16.3 Å². The van der Waals surface area contributed by atoms with Crippen LogP contribution in [0.4, 0.5) is 17.1 Å². The number of thiazole rings is 1. The van der Waals surface area contributed by atoms with E-state index in [1.165, 1.54) is 4.70 Å². The van der Waals surface area contributed by atoms with Gasteiger partial charge in [-0.3, -0.25) is 0 Å². The summed E-state index contributed by atoms with van der Waals surface area (Å²) in [7, 11) is 0. The molecule has 0 atom stereocenters. The van der Waals surface area contributed by atoms with Crippen LogP contribution in [0.15, 0.2) is 122 Å². The standard InChI is InChI=1S/C28H20N4S/c1-2-10-22(11-3-1)32(25-14-7-12-23(20-25)31-18-8-17-29-31)24-13-6-9-21(19-24)28-30-26-15-4-5-16-27(26)33-28/h1-20H. The molecule has 6 rings (SSSR count). The zero-order valence-corrected chi connectivity index (χ0v) is 18.6. The van der Waals surface area contributed by atoms with E-state index in [2.05, 4.69) is 101 Å². The van der Waals surface area contributed by atoms with Crippen molar-refractivity contribution in [1.29, 1.82) is 0 Å². The fraction of sp³-hybridized carbons (Fsp3) is 0. The van der Waals surface area contributed by atoms with Gasteiger partial charge in [-0.15, -0.1) is 11.3 Å². The van der Waals surface area contributed by atoms with Crippen molar-refractivity contribution < 1.29 is 0 Å². The molecule has 0 fully saturated rings. The molecule has 6 aromatic rings. The predicted octanol–water partition coefficient (Wildman–Crippen LogP) is 7.62. The Morgan fingerprint density at radius 3 is 2.24 bits per heavy atom.